The van der Waals surface area contributed by atoms with Gasteiger partial charge >= 0.3 is 0 Å². The molecule has 1 aromatic heterocycles. The van der Waals surface area contributed by atoms with Crippen LogP contribution in [-0.2, 0) is 6.42 Å². The van der Waals surface area contributed by atoms with Crippen LogP contribution >= 0.6 is 0 Å². The number of aromatic nitrogens is 2. The second-order valence-corrected chi connectivity index (χ2v) is 7.62. The number of allylic oxidation sites excluding steroid dienone is 4. The van der Waals surface area contributed by atoms with E-state index in [1.165, 1.54) is 25.7 Å². The van der Waals surface area contributed by atoms with Crippen molar-refractivity contribution in [3.63, 3.8) is 0 Å². The molecule has 146 valence electrons. The Morgan fingerprint density at radius 2 is 2.11 bits per heavy atom. The summed E-state index contributed by atoms with van der Waals surface area (Å²) in [6, 6.07) is 5.97. The van der Waals surface area contributed by atoms with Gasteiger partial charge in [0, 0.05) is 23.7 Å². The molecular formula is C24H29N3O. The second-order valence-electron chi connectivity index (χ2n) is 7.62. The lowest BCUT2D eigenvalue weighted by Crippen LogP contribution is -2.32. The van der Waals surface area contributed by atoms with Crippen molar-refractivity contribution in [2.24, 2.45) is 5.92 Å². The Morgan fingerprint density at radius 3 is 2.82 bits per heavy atom. The van der Waals surface area contributed by atoms with Gasteiger partial charge in [-0.15, -0.1) is 0 Å². The highest BCUT2D eigenvalue weighted by Gasteiger charge is 2.18. The number of fused-ring (bicyclic) bond motifs is 1. The molecule has 0 atom stereocenters. The summed E-state index contributed by atoms with van der Waals surface area (Å²) < 4.78 is 0. The van der Waals surface area contributed by atoms with Crippen LogP contribution in [-0.4, -0.2) is 22.3 Å². The van der Waals surface area contributed by atoms with E-state index in [4.69, 9.17) is 0 Å². The Morgan fingerprint density at radius 1 is 1.32 bits per heavy atom. The molecule has 4 nitrogen and oxygen atoms in total. The third kappa shape index (κ3) is 5.10. The molecule has 0 saturated heterocycles. The molecule has 0 spiro atoms. The van der Waals surface area contributed by atoms with Crippen LogP contribution in [0.5, 0.6) is 0 Å². The van der Waals surface area contributed by atoms with E-state index in [-0.39, 0.29) is 0 Å². The highest BCUT2D eigenvalue weighted by Crippen LogP contribution is 2.25. The van der Waals surface area contributed by atoms with Gasteiger partial charge in [-0.3, -0.25) is 4.79 Å². The summed E-state index contributed by atoms with van der Waals surface area (Å²) in [5.74, 6) is 1.70. The number of nitrogens with one attached hydrogen (secondary N) is 2. The summed E-state index contributed by atoms with van der Waals surface area (Å²) in [7, 11) is 0. The van der Waals surface area contributed by atoms with Crippen molar-refractivity contribution < 1.29 is 4.79 Å². The molecule has 0 radical (unpaired) electrons. The van der Waals surface area contributed by atoms with Crippen molar-refractivity contribution in [1.29, 1.82) is 0 Å². The number of benzene rings is 1. The molecule has 4 heteroatoms. The minimum Gasteiger partial charge on any atom is -0.382 e. The lowest BCUT2D eigenvalue weighted by Gasteiger charge is -2.28. The van der Waals surface area contributed by atoms with Gasteiger partial charge in [0.2, 0.25) is 0 Å². The first kappa shape index (κ1) is 19.9. The molecule has 1 aliphatic rings. The van der Waals surface area contributed by atoms with Crippen LogP contribution in [0, 0.1) is 5.92 Å². The summed E-state index contributed by atoms with van der Waals surface area (Å²) >= 11 is 0. The number of H-pyrrole nitrogens is 1. The molecule has 0 bridgehead atoms. The van der Waals surface area contributed by atoms with Crippen molar-refractivity contribution in [1.82, 2.24) is 15.3 Å². The van der Waals surface area contributed by atoms with Crippen molar-refractivity contribution in [3.8, 4) is 0 Å². The molecular weight excluding hydrogens is 346 g/mol. The van der Waals surface area contributed by atoms with E-state index in [1.807, 2.05) is 18.2 Å². The van der Waals surface area contributed by atoms with Crippen molar-refractivity contribution >= 4 is 17.3 Å². The standard InChI is InChI=1S/C24H29N3O/c1-4-6-20(18(3)25-21-12-9-17(2)10-13-21)7-5-8-24-26-22-14-11-19(16-28)15-23(22)27-24/h4-7,11,14-17,21,25H,1,3,8-10,12-13H2,2H3,(H,26,27)/b7-5-,20-6+. The average Bonchev–Trinajstić information content (AvgIpc) is 3.10. The van der Waals surface area contributed by atoms with Gasteiger partial charge < -0.3 is 10.3 Å². The van der Waals surface area contributed by atoms with E-state index in [0.29, 0.717) is 18.0 Å². The molecule has 1 fully saturated rings. The Labute approximate surface area is 167 Å². The smallest absolute Gasteiger partial charge is 0.150 e. The number of imidazole rings is 1. The van der Waals surface area contributed by atoms with Crippen LogP contribution in [0.25, 0.3) is 11.0 Å². The normalized spacial score (nSPS) is 20.4. The number of nitrogens with zero attached hydrogens (tertiary/aromatic N) is 1. The van der Waals surface area contributed by atoms with E-state index in [1.54, 1.807) is 12.1 Å². The highest BCUT2D eigenvalue weighted by atomic mass is 16.1. The van der Waals surface area contributed by atoms with E-state index >= 15 is 0 Å². The van der Waals surface area contributed by atoms with Gasteiger partial charge in [-0.2, -0.15) is 0 Å². The van der Waals surface area contributed by atoms with E-state index < -0.39 is 0 Å². The number of carbonyl (C=O) groups excluding carboxylic acids is 1. The lowest BCUT2D eigenvalue weighted by molar-refractivity contribution is 0.112. The SMILES string of the molecule is C=C/C=C(\C=C/Cc1nc2ccc(C=O)cc2[nH]1)C(=C)NC1CCC(C)CC1. The van der Waals surface area contributed by atoms with E-state index in [2.05, 4.69) is 47.5 Å². The van der Waals surface area contributed by atoms with Gasteiger partial charge in [0.1, 0.15) is 12.1 Å². The fourth-order valence-electron chi connectivity index (χ4n) is 3.67. The number of aromatic amines is 1. The van der Waals surface area contributed by atoms with Gasteiger partial charge in [0.15, 0.2) is 0 Å². The third-order valence-corrected chi connectivity index (χ3v) is 5.34. The fraction of sp³-hybridized carbons (Fsp3) is 0.333. The first-order valence-electron chi connectivity index (χ1n) is 9.98. The van der Waals surface area contributed by atoms with E-state index in [0.717, 1.165) is 40.3 Å². The molecule has 2 N–H and O–H groups in total. The molecule has 1 heterocycles. The summed E-state index contributed by atoms with van der Waals surface area (Å²) in [6.45, 7) is 10.4. The Kier molecular flexibility index (Phi) is 6.64. The number of carbonyl (C=O) groups is 1. The zero-order valence-electron chi connectivity index (χ0n) is 16.6. The summed E-state index contributed by atoms with van der Waals surface area (Å²) in [6.07, 6.45) is 14.4. The van der Waals surface area contributed by atoms with Crippen LogP contribution in [0.2, 0.25) is 0 Å². The Balaban J connectivity index is 1.62. The third-order valence-electron chi connectivity index (χ3n) is 5.34. The van der Waals surface area contributed by atoms with Crippen LogP contribution in [0.4, 0.5) is 0 Å². The molecule has 2 aromatic rings. The molecule has 0 unspecified atom stereocenters. The van der Waals surface area contributed by atoms with Gasteiger partial charge in [-0.1, -0.05) is 44.4 Å². The zero-order valence-corrected chi connectivity index (χ0v) is 16.6. The van der Waals surface area contributed by atoms with Crippen molar-refractivity contribution in [3.05, 3.63) is 78.3 Å². The molecule has 1 aromatic carbocycles. The highest BCUT2D eigenvalue weighted by molar-refractivity contribution is 5.84. The Bertz CT molecular complexity index is 911. The van der Waals surface area contributed by atoms with Crippen LogP contribution in [0.1, 0.15) is 48.8 Å². The van der Waals surface area contributed by atoms with Crippen molar-refractivity contribution in [2.75, 3.05) is 0 Å². The number of hydrogen-bond donors (Lipinski definition) is 2. The Hall–Kier alpha value is -2.88. The van der Waals surface area contributed by atoms with Gasteiger partial charge in [-0.05, 0) is 55.4 Å². The minimum absolute atomic E-state index is 0.507. The number of aldehydes is 1. The van der Waals surface area contributed by atoms with Gasteiger partial charge in [0.05, 0.1) is 11.0 Å². The lowest BCUT2D eigenvalue weighted by atomic mass is 9.87. The first-order valence-corrected chi connectivity index (χ1v) is 9.98. The van der Waals surface area contributed by atoms with Gasteiger partial charge in [0.25, 0.3) is 0 Å². The number of rotatable bonds is 8. The predicted octanol–water partition coefficient (Wildman–Crippen LogP) is 5.27. The predicted molar refractivity (Wildman–Crippen MR) is 116 cm³/mol. The van der Waals surface area contributed by atoms with Crippen LogP contribution < -0.4 is 5.32 Å². The maximum absolute atomic E-state index is 10.9. The molecule has 0 amide bonds. The van der Waals surface area contributed by atoms with Gasteiger partial charge in [-0.25, -0.2) is 4.98 Å². The number of hydrogen-bond acceptors (Lipinski definition) is 3. The minimum atomic E-state index is 0.507. The molecule has 3 rings (SSSR count). The molecule has 1 saturated carbocycles. The van der Waals surface area contributed by atoms with E-state index in [9.17, 15) is 4.79 Å². The first-order chi connectivity index (χ1) is 13.6. The summed E-state index contributed by atoms with van der Waals surface area (Å²) in [5.41, 5.74) is 4.37. The maximum atomic E-state index is 10.9. The molecule has 28 heavy (non-hydrogen) atoms. The van der Waals surface area contributed by atoms with Crippen LogP contribution in [0.3, 0.4) is 0 Å². The quantitative estimate of drug-likeness (QED) is 0.488. The largest absolute Gasteiger partial charge is 0.382 e. The molecule has 0 aliphatic heterocycles. The zero-order chi connectivity index (χ0) is 19.9. The topological polar surface area (TPSA) is 57.8 Å². The second kappa shape index (κ2) is 9.36. The summed E-state index contributed by atoms with van der Waals surface area (Å²) in [5, 5.41) is 3.59. The molecule has 1 aliphatic carbocycles. The van der Waals surface area contributed by atoms with Crippen molar-refractivity contribution in [2.45, 2.75) is 45.1 Å². The summed E-state index contributed by atoms with van der Waals surface area (Å²) in [4.78, 5) is 18.8. The average molecular weight is 376 g/mol. The van der Waals surface area contributed by atoms with Crippen LogP contribution in [0.15, 0.2) is 66.9 Å². The monoisotopic (exact) mass is 375 g/mol. The fourth-order valence-corrected chi connectivity index (χ4v) is 3.67. The maximum Gasteiger partial charge on any atom is 0.150 e.